The molecule has 2 aliphatic rings. The minimum atomic E-state index is -0.101. The maximum Gasteiger partial charge on any atom is 0.231 e. The molecule has 34 heavy (non-hydrogen) atoms. The highest BCUT2D eigenvalue weighted by molar-refractivity contribution is 6.15. The fourth-order valence-electron chi connectivity index (χ4n) is 4.41. The second-order valence-corrected chi connectivity index (χ2v) is 8.46. The summed E-state index contributed by atoms with van der Waals surface area (Å²) in [7, 11) is 0. The fraction of sp³-hybridized carbons (Fsp3) is 0.103. The van der Waals surface area contributed by atoms with Crippen LogP contribution in [0.2, 0.25) is 0 Å². The molecule has 0 N–H and O–H groups in total. The Morgan fingerprint density at radius 1 is 0.882 bits per heavy atom. The van der Waals surface area contributed by atoms with Crippen LogP contribution in [0.1, 0.15) is 27.0 Å². The SMILES string of the molecule is O=C1/C(=C/c2ccc(-c3ccccc3)cc2)Oc2c1ccc1c2CN(Cc2ccncc2)CO1. The van der Waals surface area contributed by atoms with Gasteiger partial charge in [-0.2, -0.15) is 0 Å². The average molecular weight is 447 g/mol. The van der Waals surface area contributed by atoms with E-state index < -0.39 is 0 Å². The first-order valence-corrected chi connectivity index (χ1v) is 11.2. The third-order valence-electron chi connectivity index (χ3n) is 6.15. The monoisotopic (exact) mass is 446 g/mol. The van der Waals surface area contributed by atoms with E-state index in [2.05, 4.69) is 34.1 Å². The van der Waals surface area contributed by atoms with E-state index in [1.54, 1.807) is 18.5 Å². The molecule has 0 unspecified atom stereocenters. The van der Waals surface area contributed by atoms with Gasteiger partial charge in [-0.15, -0.1) is 0 Å². The van der Waals surface area contributed by atoms with Crippen molar-refractivity contribution in [2.75, 3.05) is 6.73 Å². The summed E-state index contributed by atoms with van der Waals surface area (Å²) < 4.78 is 12.1. The van der Waals surface area contributed by atoms with E-state index in [-0.39, 0.29) is 5.78 Å². The molecule has 166 valence electrons. The minimum Gasteiger partial charge on any atom is -0.478 e. The summed E-state index contributed by atoms with van der Waals surface area (Å²) in [5.41, 5.74) is 5.86. The lowest BCUT2D eigenvalue weighted by atomic mass is 10.0. The van der Waals surface area contributed by atoms with Crippen molar-refractivity contribution in [2.45, 2.75) is 13.1 Å². The van der Waals surface area contributed by atoms with Crippen LogP contribution >= 0.6 is 0 Å². The highest BCUT2D eigenvalue weighted by Gasteiger charge is 2.33. The quantitative estimate of drug-likeness (QED) is 0.376. The van der Waals surface area contributed by atoms with Crippen molar-refractivity contribution in [3.63, 3.8) is 0 Å². The van der Waals surface area contributed by atoms with Crippen molar-refractivity contribution in [2.24, 2.45) is 0 Å². The molecule has 4 aromatic rings. The first kappa shape index (κ1) is 20.4. The molecule has 1 aromatic heterocycles. The Hall–Kier alpha value is -4.22. The van der Waals surface area contributed by atoms with Gasteiger partial charge in [-0.1, -0.05) is 54.6 Å². The number of ether oxygens (including phenoxy) is 2. The number of carbonyl (C=O) groups is 1. The molecule has 0 atom stereocenters. The Balaban J connectivity index is 1.24. The van der Waals surface area contributed by atoms with E-state index in [9.17, 15) is 4.79 Å². The number of Topliss-reactive ketones (excluding diaryl/α,β-unsaturated/α-hetero) is 1. The third kappa shape index (κ3) is 3.87. The molecule has 5 nitrogen and oxygen atoms in total. The number of pyridine rings is 1. The van der Waals surface area contributed by atoms with Gasteiger partial charge in [0.15, 0.2) is 5.76 Å². The molecule has 0 saturated heterocycles. The molecule has 2 aliphatic heterocycles. The van der Waals surface area contributed by atoms with Crippen LogP contribution in [0, 0.1) is 0 Å². The van der Waals surface area contributed by atoms with Crippen molar-refractivity contribution < 1.29 is 14.3 Å². The molecule has 0 fully saturated rings. The fourth-order valence-corrected chi connectivity index (χ4v) is 4.41. The van der Waals surface area contributed by atoms with Crippen LogP contribution < -0.4 is 9.47 Å². The number of benzene rings is 3. The molecule has 0 radical (unpaired) electrons. The number of ketones is 1. The van der Waals surface area contributed by atoms with Gasteiger partial charge in [0.1, 0.15) is 18.2 Å². The molecule has 0 spiro atoms. The molecular weight excluding hydrogens is 424 g/mol. The molecule has 0 saturated carbocycles. The van der Waals surface area contributed by atoms with Gasteiger partial charge >= 0.3 is 0 Å². The number of rotatable bonds is 4. The first-order valence-electron chi connectivity index (χ1n) is 11.2. The Labute approximate surface area is 197 Å². The van der Waals surface area contributed by atoms with E-state index in [1.807, 2.05) is 54.6 Å². The summed E-state index contributed by atoms with van der Waals surface area (Å²) >= 11 is 0. The van der Waals surface area contributed by atoms with Gasteiger partial charge in [0.25, 0.3) is 0 Å². The van der Waals surface area contributed by atoms with Crippen LogP contribution in [0.4, 0.5) is 0 Å². The molecule has 3 heterocycles. The predicted octanol–water partition coefficient (Wildman–Crippen LogP) is 5.72. The number of hydrogen-bond acceptors (Lipinski definition) is 5. The van der Waals surface area contributed by atoms with Crippen molar-refractivity contribution >= 4 is 11.9 Å². The lowest BCUT2D eigenvalue weighted by molar-refractivity contribution is 0.0872. The summed E-state index contributed by atoms with van der Waals surface area (Å²) in [6, 6.07) is 26.0. The first-order chi connectivity index (χ1) is 16.7. The lowest BCUT2D eigenvalue weighted by Gasteiger charge is -2.29. The van der Waals surface area contributed by atoms with E-state index in [0.717, 1.165) is 40.1 Å². The minimum absolute atomic E-state index is 0.101. The largest absolute Gasteiger partial charge is 0.478 e. The van der Waals surface area contributed by atoms with E-state index in [1.165, 1.54) is 0 Å². The van der Waals surface area contributed by atoms with Crippen molar-refractivity contribution in [3.05, 3.63) is 119 Å². The van der Waals surface area contributed by atoms with Crippen molar-refractivity contribution in [3.8, 4) is 22.6 Å². The van der Waals surface area contributed by atoms with Crippen LogP contribution in [0.25, 0.3) is 17.2 Å². The highest BCUT2D eigenvalue weighted by Crippen LogP contribution is 2.42. The zero-order valence-electron chi connectivity index (χ0n) is 18.5. The summed E-state index contributed by atoms with van der Waals surface area (Å²) in [6.45, 7) is 1.86. The van der Waals surface area contributed by atoms with E-state index >= 15 is 0 Å². The number of hydrogen-bond donors (Lipinski definition) is 0. The Kier molecular flexibility index (Phi) is 5.17. The number of carbonyl (C=O) groups excluding carboxylic acids is 1. The number of aromatic nitrogens is 1. The Morgan fingerprint density at radius 3 is 2.44 bits per heavy atom. The maximum absolute atomic E-state index is 13.1. The smallest absolute Gasteiger partial charge is 0.231 e. The van der Waals surface area contributed by atoms with Gasteiger partial charge in [-0.25, -0.2) is 0 Å². The molecular formula is C29H22N2O3. The maximum atomic E-state index is 13.1. The van der Waals surface area contributed by atoms with Gasteiger partial charge in [0.05, 0.1) is 11.1 Å². The standard InChI is InChI=1S/C29H22N2O3/c32-28-24-10-11-26-25(18-31(19-33-26)17-21-12-14-30-15-13-21)29(24)34-27(28)16-20-6-8-23(9-7-20)22-4-2-1-3-5-22/h1-16H,17-19H2/b27-16-. The second-order valence-electron chi connectivity index (χ2n) is 8.46. The summed E-state index contributed by atoms with van der Waals surface area (Å²) in [5, 5.41) is 0. The number of allylic oxidation sites excluding steroid dienone is 1. The number of fused-ring (bicyclic) bond motifs is 3. The Morgan fingerprint density at radius 2 is 1.65 bits per heavy atom. The van der Waals surface area contributed by atoms with Crippen LogP contribution in [0.15, 0.2) is 97.0 Å². The van der Waals surface area contributed by atoms with Crippen LogP contribution in [0.3, 0.4) is 0 Å². The zero-order valence-corrected chi connectivity index (χ0v) is 18.5. The van der Waals surface area contributed by atoms with Crippen LogP contribution in [-0.4, -0.2) is 22.4 Å². The predicted molar refractivity (Wildman–Crippen MR) is 130 cm³/mol. The Bertz CT molecular complexity index is 1380. The number of nitrogens with zero attached hydrogens (tertiary/aromatic N) is 2. The summed E-state index contributed by atoms with van der Waals surface area (Å²) in [4.78, 5) is 19.3. The van der Waals surface area contributed by atoms with Crippen LogP contribution in [0.5, 0.6) is 11.5 Å². The van der Waals surface area contributed by atoms with Gasteiger partial charge < -0.3 is 9.47 Å². The summed E-state index contributed by atoms with van der Waals surface area (Å²) in [5.74, 6) is 1.61. The molecule has 0 bridgehead atoms. The van der Waals surface area contributed by atoms with Crippen molar-refractivity contribution in [1.82, 2.24) is 9.88 Å². The highest BCUT2D eigenvalue weighted by atomic mass is 16.5. The second kappa shape index (κ2) is 8.61. The van der Waals surface area contributed by atoms with Gasteiger partial charge in [0.2, 0.25) is 5.78 Å². The van der Waals surface area contributed by atoms with Gasteiger partial charge in [-0.05, 0) is 52.6 Å². The molecule has 3 aromatic carbocycles. The average Bonchev–Trinajstić information content (AvgIpc) is 3.21. The molecule has 5 heteroatoms. The van der Waals surface area contributed by atoms with E-state index in [4.69, 9.17) is 9.47 Å². The lowest BCUT2D eigenvalue weighted by Crippen LogP contribution is -2.31. The molecule has 6 rings (SSSR count). The van der Waals surface area contributed by atoms with Gasteiger partial charge in [-0.3, -0.25) is 14.7 Å². The molecule has 0 amide bonds. The zero-order chi connectivity index (χ0) is 22.9. The molecule has 0 aliphatic carbocycles. The van der Waals surface area contributed by atoms with Gasteiger partial charge in [0, 0.05) is 25.5 Å². The van der Waals surface area contributed by atoms with Crippen LogP contribution in [-0.2, 0) is 13.1 Å². The van der Waals surface area contributed by atoms with Crippen molar-refractivity contribution in [1.29, 1.82) is 0 Å². The third-order valence-corrected chi connectivity index (χ3v) is 6.15. The van der Waals surface area contributed by atoms with E-state index in [0.29, 0.717) is 30.3 Å². The topological polar surface area (TPSA) is 51.7 Å². The summed E-state index contributed by atoms with van der Waals surface area (Å²) in [6.07, 6.45) is 5.38. The normalized spacial score (nSPS) is 16.0.